The van der Waals surface area contributed by atoms with Crippen LogP contribution in [0.5, 0.6) is 0 Å². The first-order chi connectivity index (χ1) is 7.50. The van der Waals surface area contributed by atoms with Crippen LogP contribution in [0.1, 0.15) is 26.5 Å². The molecule has 0 saturated heterocycles. The van der Waals surface area contributed by atoms with E-state index in [-0.39, 0.29) is 5.41 Å². The number of nitrogens with zero attached hydrogens (tertiary/aromatic N) is 1. The summed E-state index contributed by atoms with van der Waals surface area (Å²) in [6, 6.07) is 10.1. The van der Waals surface area contributed by atoms with Crippen molar-refractivity contribution in [3.8, 4) is 11.1 Å². The van der Waals surface area contributed by atoms with Crippen molar-refractivity contribution in [2.45, 2.75) is 26.2 Å². The topological polar surface area (TPSA) is 54.7 Å². The first-order valence-corrected chi connectivity index (χ1v) is 5.40. The van der Waals surface area contributed by atoms with E-state index in [2.05, 4.69) is 43.1 Å². The molecule has 0 radical (unpaired) electrons. The van der Waals surface area contributed by atoms with Crippen molar-refractivity contribution in [2.75, 3.05) is 5.73 Å². The zero-order valence-corrected chi connectivity index (χ0v) is 9.91. The molecule has 1 aromatic carbocycles. The lowest BCUT2D eigenvalue weighted by Gasteiger charge is -2.17. The number of nitrogens with one attached hydrogen (secondary N) is 1. The van der Waals surface area contributed by atoms with E-state index in [0.29, 0.717) is 5.82 Å². The Morgan fingerprint density at radius 3 is 2.31 bits per heavy atom. The minimum atomic E-state index is -0.0146. The van der Waals surface area contributed by atoms with E-state index in [0.717, 1.165) is 16.8 Å². The summed E-state index contributed by atoms with van der Waals surface area (Å²) in [6.45, 7) is 6.40. The molecule has 3 nitrogen and oxygen atoms in total. The van der Waals surface area contributed by atoms with Crippen molar-refractivity contribution < 1.29 is 0 Å². The fourth-order valence-electron chi connectivity index (χ4n) is 1.80. The Morgan fingerprint density at radius 1 is 1.12 bits per heavy atom. The minimum Gasteiger partial charge on any atom is -0.384 e. The van der Waals surface area contributed by atoms with Gasteiger partial charge in [-0.25, -0.2) is 0 Å². The minimum absolute atomic E-state index is 0.0146. The number of anilines is 1. The van der Waals surface area contributed by atoms with Crippen LogP contribution in [0.25, 0.3) is 11.1 Å². The largest absolute Gasteiger partial charge is 0.384 e. The van der Waals surface area contributed by atoms with E-state index >= 15 is 0 Å². The summed E-state index contributed by atoms with van der Waals surface area (Å²) < 4.78 is 0. The number of nitrogens with two attached hydrogens (primary N) is 1. The van der Waals surface area contributed by atoms with Crippen molar-refractivity contribution in [3.63, 3.8) is 0 Å². The second-order valence-corrected chi connectivity index (χ2v) is 4.98. The second kappa shape index (κ2) is 3.67. The molecule has 0 bridgehead atoms. The molecule has 0 atom stereocenters. The number of aromatic amines is 1. The van der Waals surface area contributed by atoms with Gasteiger partial charge < -0.3 is 5.73 Å². The predicted molar refractivity (Wildman–Crippen MR) is 67.1 cm³/mol. The van der Waals surface area contributed by atoms with Crippen LogP contribution in [0.4, 0.5) is 5.82 Å². The quantitative estimate of drug-likeness (QED) is 0.768. The van der Waals surface area contributed by atoms with E-state index in [4.69, 9.17) is 5.73 Å². The standard InChI is InChI=1S/C13H17N3/c1-13(2,3)11-10(12(14)16-15-11)9-7-5-4-6-8-9/h4-8H,1-3H3,(H3,14,15,16). The van der Waals surface area contributed by atoms with Gasteiger partial charge in [0, 0.05) is 11.0 Å². The highest BCUT2D eigenvalue weighted by atomic mass is 15.2. The highest BCUT2D eigenvalue weighted by Gasteiger charge is 2.23. The third-order valence-electron chi connectivity index (χ3n) is 2.57. The van der Waals surface area contributed by atoms with Crippen LogP contribution in [0.3, 0.4) is 0 Å². The Hall–Kier alpha value is -1.77. The predicted octanol–water partition coefficient (Wildman–Crippen LogP) is 2.96. The molecular formula is C13H17N3. The maximum Gasteiger partial charge on any atom is 0.127 e. The Bertz CT molecular complexity index is 478. The zero-order chi connectivity index (χ0) is 11.8. The maximum atomic E-state index is 5.95. The molecule has 1 heterocycles. The van der Waals surface area contributed by atoms with Crippen LogP contribution in [-0.2, 0) is 5.41 Å². The number of nitrogen functional groups attached to an aromatic ring is 1. The molecule has 1 aromatic heterocycles. The summed E-state index contributed by atoms with van der Waals surface area (Å²) in [4.78, 5) is 0. The molecule has 3 N–H and O–H groups in total. The molecule has 2 aromatic rings. The first-order valence-electron chi connectivity index (χ1n) is 5.40. The molecule has 0 aliphatic rings. The fraction of sp³-hybridized carbons (Fsp3) is 0.308. The third-order valence-corrected chi connectivity index (χ3v) is 2.57. The van der Waals surface area contributed by atoms with Gasteiger partial charge in [0.15, 0.2) is 0 Å². The smallest absolute Gasteiger partial charge is 0.127 e. The van der Waals surface area contributed by atoms with Crippen LogP contribution >= 0.6 is 0 Å². The zero-order valence-electron chi connectivity index (χ0n) is 9.91. The number of hydrogen-bond acceptors (Lipinski definition) is 2. The van der Waals surface area contributed by atoms with Gasteiger partial charge in [0.2, 0.25) is 0 Å². The van der Waals surface area contributed by atoms with Crippen molar-refractivity contribution in [2.24, 2.45) is 0 Å². The number of aromatic nitrogens is 2. The Kier molecular flexibility index (Phi) is 2.46. The van der Waals surface area contributed by atoms with Gasteiger partial charge in [0.25, 0.3) is 0 Å². The van der Waals surface area contributed by atoms with E-state index in [1.165, 1.54) is 0 Å². The van der Waals surface area contributed by atoms with Gasteiger partial charge in [-0.15, -0.1) is 0 Å². The highest BCUT2D eigenvalue weighted by molar-refractivity contribution is 5.77. The maximum absolute atomic E-state index is 5.95. The SMILES string of the molecule is CC(C)(C)c1n[nH]c(N)c1-c1ccccc1. The average molecular weight is 215 g/mol. The summed E-state index contributed by atoms with van der Waals surface area (Å²) in [5.41, 5.74) is 9.08. The van der Waals surface area contributed by atoms with Crippen molar-refractivity contribution in [1.29, 1.82) is 0 Å². The van der Waals surface area contributed by atoms with E-state index in [1.807, 2.05) is 18.2 Å². The fourth-order valence-corrected chi connectivity index (χ4v) is 1.80. The summed E-state index contributed by atoms with van der Waals surface area (Å²) in [5, 5.41) is 7.18. The van der Waals surface area contributed by atoms with Crippen molar-refractivity contribution >= 4 is 5.82 Å². The highest BCUT2D eigenvalue weighted by Crippen LogP contribution is 2.34. The summed E-state index contributed by atoms with van der Waals surface area (Å²) in [5.74, 6) is 0.635. The first kappa shape index (κ1) is 10.7. The molecular weight excluding hydrogens is 198 g/mol. The molecule has 3 heteroatoms. The van der Waals surface area contributed by atoms with Crippen molar-refractivity contribution in [3.05, 3.63) is 36.0 Å². The lowest BCUT2D eigenvalue weighted by molar-refractivity contribution is 0.568. The monoisotopic (exact) mass is 215 g/mol. The number of hydrogen-bond donors (Lipinski definition) is 2. The van der Waals surface area contributed by atoms with Crippen LogP contribution in [0.2, 0.25) is 0 Å². The van der Waals surface area contributed by atoms with Crippen LogP contribution in [0.15, 0.2) is 30.3 Å². The normalized spacial score (nSPS) is 11.7. The Balaban J connectivity index is 2.61. The van der Waals surface area contributed by atoms with Gasteiger partial charge >= 0.3 is 0 Å². The molecule has 2 rings (SSSR count). The molecule has 0 fully saturated rings. The van der Waals surface area contributed by atoms with Crippen LogP contribution in [-0.4, -0.2) is 10.2 Å². The Morgan fingerprint density at radius 2 is 1.75 bits per heavy atom. The third kappa shape index (κ3) is 1.81. The van der Waals surface area contributed by atoms with Gasteiger partial charge in [0.1, 0.15) is 5.82 Å². The van der Waals surface area contributed by atoms with Gasteiger partial charge in [-0.2, -0.15) is 5.10 Å². The van der Waals surface area contributed by atoms with Crippen molar-refractivity contribution in [1.82, 2.24) is 10.2 Å². The molecule has 16 heavy (non-hydrogen) atoms. The molecule has 0 unspecified atom stereocenters. The van der Waals surface area contributed by atoms with E-state index in [9.17, 15) is 0 Å². The molecule has 0 aliphatic heterocycles. The summed E-state index contributed by atoms with van der Waals surface area (Å²) in [7, 11) is 0. The molecule has 84 valence electrons. The van der Waals surface area contributed by atoms with Gasteiger partial charge in [-0.05, 0) is 5.56 Å². The van der Waals surface area contributed by atoms with Gasteiger partial charge in [-0.1, -0.05) is 51.1 Å². The van der Waals surface area contributed by atoms with Crippen LogP contribution in [0, 0.1) is 0 Å². The van der Waals surface area contributed by atoms with E-state index < -0.39 is 0 Å². The molecule has 0 amide bonds. The van der Waals surface area contributed by atoms with E-state index in [1.54, 1.807) is 0 Å². The van der Waals surface area contributed by atoms with Gasteiger partial charge in [-0.3, -0.25) is 5.10 Å². The number of benzene rings is 1. The lowest BCUT2D eigenvalue weighted by Crippen LogP contribution is -2.13. The molecule has 0 saturated carbocycles. The average Bonchev–Trinajstić information content (AvgIpc) is 2.61. The van der Waals surface area contributed by atoms with Crippen LogP contribution < -0.4 is 5.73 Å². The second-order valence-electron chi connectivity index (χ2n) is 4.98. The molecule has 0 aliphatic carbocycles. The summed E-state index contributed by atoms with van der Waals surface area (Å²) >= 11 is 0. The Labute approximate surface area is 95.7 Å². The van der Waals surface area contributed by atoms with Gasteiger partial charge in [0.05, 0.1) is 5.69 Å². The number of rotatable bonds is 1. The lowest BCUT2D eigenvalue weighted by atomic mass is 9.87. The number of H-pyrrole nitrogens is 1. The molecule has 0 spiro atoms. The summed E-state index contributed by atoms with van der Waals surface area (Å²) in [6.07, 6.45) is 0.